The van der Waals surface area contributed by atoms with Crippen molar-refractivity contribution in [3.63, 3.8) is 0 Å². The number of halogens is 4. The molecule has 0 saturated heterocycles. The van der Waals surface area contributed by atoms with Gasteiger partial charge in [0.05, 0.1) is 6.54 Å². The van der Waals surface area contributed by atoms with E-state index >= 15 is 0 Å². The third-order valence-corrected chi connectivity index (χ3v) is 3.78. The Morgan fingerprint density at radius 1 is 1.00 bits per heavy atom. The minimum atomic E-state index is -5.19. The summed E-state index contributed by atoms with van der Waals surface area (Å²) in [6.07, 6.45) is -4.07. The molecule has 0 aromatic heterocycles. The number of quaternary nitrogens is 1. The highest BCUT2D eigenvalue weighted by molar-refractivity contribution is 6.30. The summed E-state index contributed by atoms with van der Waals surface area (Å²) in [5, 5.41) is 9.58. The van der Waals surface area contributed by atoms with Crippen molar-refractivity contribution in [3.05, 3.63) is 70.7 Å². The molecule has 148 valence electrons. The van der Waals surface area contributed by atoms with Crippen LogP contribution in [-0.2, 0) is 17.9 Å². The molecule has 0 radical (unpaired) electrons. The Kier molecular flexibility index (Phi) is 9.85. The number of aliphatic carboxylic acids is 1. The van der Waals surface area contributed by atoms with Gasteiger partial charge in [-0.2, -0.15) is 13.2 Å². The van der Waals surface area contributed by atoms with Crippen LogP contribution in [-0.4, -0.2) is 30.1 Å². The van der Waals surface area contributed by atoms with Gasteiger partial charge in [-0.1, -0.05) is 54.1 Å². The zero-order valence-electron chi connectivity index (χ0n) is 14.7. The smallest absolute Gasteiger partial charge is 0.430 e. The summed E-state index contributed by atoms with van der Waals surface area (Å²) in [6.45, 7) is 3.97. The molecule has 0 aliphatic carbocycles. The van der Waals surface area contributed by atoms with Gasteiger partial charge in [-0.25, -0.2) is 0 Å². The van der Waals surface area contributed by atoms with E-state index in [9.17, 15) is 13.2 Å². The van der Waals surface area contributed by atoms with Crippen molar-refractivity contribution in [1.82, 2.24) is 4.90 Å². The summed E-state index contributed by atoms with van der Waals surface area (Å²) in [4.78, 5) is 11.2. The van der Waals surface area contributed by atoms with Gasteiger partial charge in [0.1, 0.15) is 5.97 Å². The van der Waals surface area contributed by atoms with E-state index < -0.39 is 12.1 Å². The molecule has 0 heterocycles. The first-order valence-electron chi connectivity index (χ1n) is 8.30. The van der Waals surface area contributed by atoms with Crippen LogP contribution in [0.1, 0.15) is 17.5 Å². The highest BCUT2D eigenvalue weighted by Crippen LogP contribution is 2.14. The largest absolute Gasteiger partial charge is 0.542 e. The van der Waals surface area contributed by atoms with Crippen molar-refractivity contribution in [3.8, 4) is 0 Å². The van der Waals surface area contributed by atoms with Crippen molar-refractivity contribution in [1.29, 1.82) is 0 Å². The summed E-state index contributed by atoms with van der Waals surface area (Å²) < 4.78 is 31.5. The van der Waals surface area contributed by atoms with Gasteiger partial charge < -0.3 is 15.6 Å². The molecule has 0 aliphatic heterocycles. The van der Waals surface area contributed by atoms with Crippen molar-refractivity contribution >= 4 is 17.6 Å². The monoisotopic (exact) mass is 402 g/mol. The van der Waals surface area contributed by atoms with Gasteiger partial charge in [0, 0.05) is 31.1 Å². The van der Waals surface area contributed by atoms with Gasteiger partial charge in [0.25, 0.3) is 0 Å². The number of hydrogen-bond acceptors (Lipinski definition) is 3. The summed E-state index contributed by atoms with van der Waals surface area (Å²) in [5.74, 6) is -3.01. The number of carboxylic acids is 1. The zero-order chi connectivity index (χ0) is 20.3. The average Bonchev–Trinajstić information content (AvgIpc) is 2.62. The average molecular weight is 403 g/mol. The van der Waals surface area contributed by atoms with Crippen LogP contribution in [0.5, 0.6) is 0 Å². The van der Waals surface area contributed by atoms with Crippen molar-refractivity contribution in [2.24, 2.45) is 0 Å². The predicted octanol–water partition coefficient (Wildman–Crippen LogP) is 2.27. The number of alkyl halides is 3. The molecule has 2 rings (SSSR count). The first-order valence-corrected chi connectivity index (χ1v) is 8.68. The van der Waals surface area contributed by atoms with E-state index in [0.29, 0.717) is 0 Å². The second-order valence-corrected chi connectivity index (χ2v) is 6.25. The van der Waals surface area contributed by atoms with Crippen LogP contribution >= 0.6 is 11.6 Å². The summed E-state index contributed by atoms with van der Waals surface area (Å²) >= 11 is 5.94. The molecule has 4 nitrogen and oxygen atoms in total. The van der Waals surface area contributed by atoms with E-state index in [1.165, 1.54) is 11.1 Å². The third kappa shape index (κ3) is 9.98. The number of hydrogen-bond donors (Lipinski definition) is 1. The van der Waals surface area contributed by atoms with Crippen LogP contribution in [0.3, 0.4) is 0 Å². The Balaban J connectivity index is 0.000000445. The minimum absolute atomic E-state index is 0.793. The Hall–Kier alpha value is -2.09. The highest BCUT2D eigenvalue weighted by atomic mass is 35.5. The lowest BCUT2D eigenvalue weighted by Gasteiger charge is -2.22. The van der Waals surface area contributed by atoms with Crippen LogP contribution in [0.4, 0.5) is 13.2 Å². The topological polar surface area (TPSA) is 71.0 Å². The van der Waals surface area contributed by atoms with Crippen LogP contribution in [0.2, 0.25) is 5.02 Å². The van der Waals surface area contributed by atoms with E-state index in [1.54, 1.807) is 0 Å². The van der Waals surface area contributed by atoms with E-state index in [-0.39, 0.29) is 0 Å². The Labute approximate surface area is 161 Å². The maximum absolute atomic E-state index is 10.5. The van der Waals surface area contributed by atoms with E-state index in [2.05, 4.69) is 53.1 Å². The maximum Gasteiger partial charge on any atom is 0.430 e. The summed E-state index contributed by atoms with van der Waals surface area (Å²) in [6, 6.07) is 18.7. The maximum atomic E-state index is 10.5. The first-order chi connectivity index (χ1) is 12.7. The number of rotatable bonds is 7. The summed E-state index contributed by atoms with van der Waals surface area (Å²) in [5.41, 5.74) is 6.59. The molecule has 2 aromatic rings. The van der Waals surface area contributed by atoms with Gasteiger partial charge in [0.2, 0.25) is 0 Å². The predicted molar refractivity (Wildman–Crippen MR) is 95.4 cm³/mol. The van der Waals surface area contributed by atoms with Crippen LogP contribution in [0, 0.1) is 0 Å². The molecule has 0 atom stereocenters. The second kappa shape index (κ2) is 11.6. The molecule has 0 aliphatic rings. The lowest BCUT2D eigenvalue weighted by atomic mass is 10.1. The molecule has 0 bridgehead atoms. The summed E-state index contributed by atoms with van der Waals surface area (Å²) in [7, 11) is 0. The molecule has 2 aromatic carbocycles. The number of carbonyl (C=O) groups is 1. The van der Waals surface area contributed by atoms with Crippen molar-refractivity contribution < 1.29 is 28.8 Å². The molecule has 0 spiro atoms. The highest BCUT2D eigenvalue weighted by Gasteiger charge is 2.28. The molecule has 0 saturated carbocycles. The van der Waals surface area contributed by atoms with Gasteiger partial charge in [-0.15, -0.1) is 0 Å². The van der Waals surface area contributed by atoms with Gasteiger partial charge in [-0.3, -0.25) is 4.90 Å². The Morgan fingerprint density at radius 2 is 1.48 bits per heavy atom. The van der Waals surface area contributed by atoms with Crippen LogP contribution < -0.4 is 10.8 Å². The van der Waals surface area contributed by atoms with E-state index in [1.807, 2.05) is 12.1 Å². The normalized spacial score (nSPS) is 11.0. The Bertz CT molecular complexity index is 680. The lowest BCUT2D eigenvalue weighted by Crippen LogP contribution is -2.51. The molecule has 0 unspecified atom stereocenters. The second-order valence-electron chi connectivity index (χ2n) is 5.82. The van der Waals surface area contributed by atoms with E-state index in [0.717, 1.165) is 37.6 Å². The molecule has 3 N–H and O–H groups in total. The van der Waals surface area contributed by atoms with Gasteiger partial charge in [-0.05, 0) is 23.3 Å². The molecular formula is C19H22ClF3N2O2. The Morgan fingerprint density at radius 3 is 1.93 bits per heavy atom. The SMILES string of the molecule is O=C([O-])C(F)(F)F.[NH3+]CCCN(Cc1ccccc1)Cc1ccc(Cl)cc1. The molecule has 27 heavy (non-hydrogen) atoms. The number of benzene rings is 2. The molecule has 0 fully saturated rings. The standard InChI is InChI=1S/C17H21ClN2.C2HF3O2/c18-17-9-7-16(8-10-17)14-20(12-4-11-19)13-15-5-2-1-3-6-15;3-2(4,5)1(6)7/h1-3,5-10H,4,11-14,19H2;(H,6,7). The fourth-order valence-electron chi connectivity index (χ4n) is 2.24. The van der Waals surface area contributed by atoms with Crippen molar-refractivity contribution in [2.75, 3.05) is 13.1 Å². The first kappa shape index (κ1) is 23.0. The van der Waals surface area contributed by atoms with Crippen molar-refractivity contribution in [2.45, 2.75) is 25.7 Å². The fraction of sp³-hybridized carbons (Fsp3) is 0.316. The number of carbonyl (C=O) groups excluding carboxylic acids is 1. The third-order valence-electron chi connectivity index (χ3n) is 3.52. The van der Waals surface area contributed by atoms with Gasteiger partial charge in [0.15, 0.2) is 0 Å². The lowest BCUT2D eigenvalue weighted by molar-refractivity contribution is -0.368. The number of carboxylic acid groups (broad SMARTS) is 1. The molecule has 0 amide bonds. The zero-order valence-corrected chi connectivity index (χ0v) is 15.5. The van der Waals surface area contributed by atoms with E-state index in [4.69, 9.17) is 21.5 Å². The molecular weight excluding hydrogens is 381 g/mol. The fourth-order valence-corrected chi connectivity index (χ4v) is 2.37. The number of nitrogens with zero attached hydrogens (tertiary/aromatic N) is 1. The minimum Gasteiger partial charge on any atom is -0.542 e. The van der Waals surface area contributed by atoms with Gasteiger partial charge >= 0.3 is 6.18 Å². The van der Waals surface area contributed by atoms with Crippen LogP contribution in [0.15, 0.2) is 54.6 Å². The quantitative estimate of drug-likeness (QED) is 0.772. The molecule has 8 heteroatoms. The van der Waals surface area contributed by atoms with Crippen LogP contribution in [0.25, 0.3) is 0 Å².